The van der Waals surface area contributed by atoms with Gasteiger partial charge in [0.25, 0.3) is 0 Å². The molecule has 1 atom stereocenters. The summed E-state index contributed by atoms with van der Waals surface area (Å²) in [5, 5.41) is 3.30. The lowest BCUT2D eigenvalue weighted by molar-refractivity contribution is -0.0134. The Morgan fingerprint density at radius 2 is 1.81 bits per heavy atom. The summed E-state index contributed by atoms with van der Waals surface area (Å²) < 4.78 is 5.79. The lowest BCUT2D eigenvalue weighted by Gasteiger charge is -2.24. The van der Waals surface area contributed by atoms with Crippen LogP contribution in [0.3, 0.4) is 0 Å². The molecule has 0 aliphatic heterocycles. The lowest BCUT2D eigenvalue weighted by Crippen LogP contribution is -2.36. The number of ether oxygens (including phenoxy) is 1. The summed E-state index contributed by atoms with van der Waals surface area (Å²) in [6.07, 6.45) is 1.01. The first-order chi connectivity index (χ1) is 7.51. The SMILES string of the molecule is CN[C@@H](COC(C)(C)C)Cc1ccccc1. The minimum atomic E-state index is -0.0637. The summed E-state index contributed by atoms with van der Waals surface area (Å²) in [5.74, 6) is 0. The molecule has 0 radical (unpaired) electrons. The average molecular weight is 221 g/mol. The fraction of sp³-hybridized carbons (Fsp3) is 0.571. The highest BCUT2D eigenvalue weighted by atomic mass is 16.5. The molecular weight excluding hydrogens is 198 g/mol. The highest BCUT2D eigenvalue weighted by molar-refractivity contribution is 5.15. The molecule has 0 amide bonds. The highest BCUT2D eigenvalue weighted by Crippen LogP contribution is 2.09. The fourth-order valence-corrected chi connectivity index (χ4v) is 1.49. The van der Waals surface area contributed by atoms with E-state index in [-0.39, 0.29) is 5.60 Å². The predicted octanol–water partition coefficient (Wildman–Crippen LogP) is 2.63. The van der Waals surface area contributed by atoms with Crippen molar-refractivity contribution in [3.05, 3.63) is 35.9 Å². The van der Waals surface area contributed by atoms with E-state index in [4.69, 9.17) is 4.74 Å². The summed E-state index contributed by atoms with van der Waals surface area (Å²) in [5.41, 5.74) is 1.28. The normalized spacial score (nSPS) is 13.8. The van der Waals surface area contributed by atoms with E-state index in [1.54, 1.807) is 0 Å². The van der Waals surface area contributed by atoms with E-state index in [0.29, 0.717) is 6.04 Å². The van der Waals surface area contributed by atoms with Gasteiger partial charge in [-0.3, -0.25) is 0 Å². The molecule has 0 aliphatic rings. The Morgan fingerprint density at radius 1 is 1.19 bits per heavy atom. The van der Waals surface area contributed by atoms with E-state index in [0.717, 1.165) is 13.0 Å². The molecule has 2 nitrogen and oxygen atoms in total. The Labute approximate surface area is 99.0 Å². The van der Waals surface area contributed by atoms with Crippen LogP contribution < -0.4 is 5.32 Å². The zero-order chi connectivity index (χ0) is 12.0. The van der Waals surface area contributed by atoms with Gasteiger partial charge in [0.2, 0.25) is 0 Å². The maximum atomic E-state index is 5.79. The first kappa shape index (κ1) is 13.2. The lowest BCUT2D eigenvalue weighted by atomic mass is 10.1. The third-order valence-electron chi connectivity index (χ3n) is 2.45. The van der Waals surface area contributed by atoms with Crippen molar-refractivity contribution in [2.45, 2.75) is 38.8 Å². The van der Waals surface area contributed by atoms with Gasteiger partial charge in [-0.25, -0.2) is 0 Å². The second kappa shape index (κ2) is 6.02. The van der Waals surface area contributed by atoms with Crippen LogP contribution in [0.15, 0.2) is 30.3 Å². The van der Waals surface area contributed by atoms with Gasteiger partial charge in [0.15, 0.2) is 0 Å². The molecule has 0 spiro atoms. The molecule has 2 heteroatoms. The molecule has 1 rings (SSSR count). The molecule has 0 unspecified atom stereocenters. The Bertz CT molecular complexity index is 289. The van der Waals surface area contributed by atoms with Gasteiger partial charge in [-0.15, -0.1) is 0 Å². The number of rotatable bonds is 5. The minimum Gasteiger partial charge on any atom is -0.374 e. The number of benzene rings is 1. The predicted molar refractivity (Wildman–Crippen MR) is 68.7 cm³/mol. The fourth-order valence-electron chi connectivity index (χ4n) is 1.49. The molecule has 0 heterocycles. The van der Waals surface area contributed by atoms with Crippen LogP contribution in [-0.4, -0.2) is 25.3 Å². The van der Waals surface area contributed by atoms with Crippen molar-refractivity contribution < 1.29 is 4.74 Å². The topological polar surface area (TPSA) is 21.3 Å². The Balaban J connectivity index is 2.44. The van der Waals surface area contributed by atoms with Crippen LogP contribution >= 0.6 is 0 Å². The van der Waals surface area contributed by atoms with Gasteiger partial charge in [-0.2, -0.15) is 0 Å². The van der Waals surface area contributed by atoms with E-state index < -0.39 is 0 Å². The molecule has 1 N–H and O–H groups in total. The third-order valence-corrected chi connectivity index (χ3v) is 2.45. The average Bonchev–Trinajstić information content (AvgIpc) is 2.24. The molecule has 0 bridgehead atoms. The van der Waals surface area contributed by atoms with Crippen molar-refractivity contribution in [2.24, 2.45) is 0 Å². The van der Waals surface area contributed by atoms with E-state index >= 15 is 0 Å². The molecule has 1 aromatic rings. The van der Waals surface area contributed by atoms with Crippen LogP contribution in [0.1, 0.15) is 26.3 Å². The second-order valence-corrected chi connectivity index (χ2v) is 5.10. The van der Waals surface area contributed by atoms with Crippen LogP contribution in [0.5, 0.6) is 0 Å². The van der Waals surface area contributed by atoms with Gasteiger partial charge in [0.1, 0.15) is 0 Å². The van der Waals surface area contributed by atoms with Crippen molar-refractivity contribution in [3.8, 4) is 0 Å². The maximum absolute atomic E-state index is 5.79. The quantitative estimate of drug-likeness (QED) is 0.825. The largest absolute Gasteiger partial charge is 0.374 e. The van der Waals surface area contributed by atoms with Crippen LogP contribution in [0.25, 0.3) is 0 Å². The van der Waals surface area contributed by atoms with E-state index in [1.165, 1.54) is 5.56 Å². The van der Waals surface area contributed by atoms with Crippen molar-refractivity contribution in [1.29, 1.82) is 0 Å². The van der Waals surface area contributed by atoms with Gasteiger partial charge in [0.05, 0.1) is 12.2 Å². The monoisotopic (exact) mass is 221 g/mol. The Hall–Kier alpha value is -0.860. The first-order valence-electron chi connectivity index (χ1n) is 5.86. The van der Waals surface area contributed by atoms with Gasteiger partial charge in [-0.1, -0.05) is 30.3 Å². The zero-order valence-electron chi connectivity index (χ0n) is 10.8. The molecule has 16 heavy (non-hydrogen) atoms. The Morgan fingerprint density at radius 3 is 2.31 bits per heavy atom. The van der Waals surface area contributed by atoms with E-state index in [9.17, 15) is 0 Å². The van der Waals surface area contributed by atoms with Crippen LogP contribution in [0.4, 0.5) is 0 Å². The zero-order valence-corrected chi connectivity index (χ0v) is 10.8. The first-order valence-corrected chi connectivity index (χ1v) is 5.86. The van der Waals surface area contributed by atoms with Crippen LogP contribution in [-0.2, 0) is 11.2 Å². The molecule has 0 aromatic heterocycles. The molecule has 0 saturated heterocycles. The summed E-state index contributed by atoms with van der Waals surface area (Å²) in [7, 11) is 1.99. The Kier molecular flexibility index (Phi) is 4.97. The van der Waals surface area contributed by atoms with Crippen molar-refractivity contribution >= 4 is 0 Å². The molecular formula is C14H23NO. The van der Waals surface area contributed by atoms with Crippen molar-refractivity contribution in [2.75, 3.05) is 13.7 Å². The number of hydrogen-bond acceptors (Lipinski definition) is 2. The van der Waals surface area contributed by atoms with Crippen LogP contribution in [0.2, 0.25) is 0 Å². The summed E-state index contributed by atoms with van der Waals surface area (Å²) in [6, 6.07) is 10.9. The van der Waals surface area contributed by atoms with Gasteiger partial charge in [0, 0.05) is 6.04 Å². The smallest absolute Gasteiger partial charge is 0.0629 e. The summed E-state index contributed by atoms with van der Waals surface area (Å²) in [6.45, 7) is 7.00. The molecule has 0 aliphatic carbocycles. The summed E-state index contributed by atoms with van der Waals surface area (Å²) in [4.78, 5) is 0. The molecule has 0 fully saturated rings. The molecule has 1 aromatic carbocycles. The third kappa shape index (κ3) is 5.29. The molecule has 0 saturated carbocycles. The summed E-state index contributed by atoms with van der Waals surface area (Å²) >= 11 is 0. The maximum Gasteiger partial charge on any atom is 0.0629 e. The van der Waals surface area contributed by atoms with Crippen LogP contribution in [0, 0.1) is 0 Å². The standard InChI is InChI=1S/C14H23NO/c1-14(2,3)16-11-13(15-4)10-12-8-6-5-7-9-12/h5-9,13,15H,10-11H2,1-4H3/t13-/m1/s1. The molecule has 90 valence electrons. The second-order valence-electron chi connectivity index (χ2n) is 5.10. The number of likely N-dealkylation sites (N-methyl/N-ethyl adjacent to an activating group) is 1. The van der Waals surface area contributed by atoms with Crippen molar-refractivity contribution in [3.63, 3.8) is 0 Å². The number of hydrogen-bond donors (Lipinski definition) is 1. The van der Waals surface area contributed by atoms with Gasteiger partial charge < -0.3 is 10.1 Å². The van der Waals surface area contributed by atoms with E-state index in [1.807, 2.05) is 13.1 Å². The van der Waals surface area contributed by atoms with E-state index in [2.05, 4.69) is 50.4 Å². The highest BCUT2D eigenvalue weighted by Gasteiger charge is 2.14. The van der Waals surface area contributed by atoms with Gasteiger partial charge in [-0.05, 0) is 39.8 Å². The van der Waals surface area contributed by atoms with Gasteiger partial charge >= 0.3 is 0 Å². The number of nitrogens with one attached hydrogen (secondary N) is 1. The minimum absolute atomic E-state index is 0.0637. The van der Waals surface area contributed by atoms with Crippen molar-refractivity contribution in [1.82, 2.24) is 5.32 Å².